The van der Waals surface area contributed by atoms with E-state index >= 15 is 0 Å². The molecule has 2 nitrogen and oxygen atoms in total. The summed E-state index contributed by atoms with van der Waals surface area (Å²) < 4.78 is 37.3. The topological polar surface area (TPSA) is 15.3 Å². The van der Waals surface area contributed by atoms with Crippen molar-refractivity contribution in [2.45, 2.75) is 36.7 Å². The van der Waals surface area contributed by atoms with Gasteiger partial charge in [0, 0.05) is 37.1 Å². The third kappa shape index (κ3) is 7.00. The molecule has 1 aromatic rings. The molecule has 0 amide bonds. The first-order chi connectivity index (χ1) is 10.4. The third-order valence-electron chi connectivity index (χ3n) is 4.18. The average Bonchev–Trinajstić information content (AvgIpc) is 2.48. The number of hydrogen-bond acceptors (Lipinski definition) is 3. The number of rotatable bonds is 5. The summed E-state index contributed by atoms with van der Waals surface area (Å²) in [4.78, 5) is 2.69. The van der Waals surface area contributed by atoms with Gasteiger partial charge in [0.15, 0.2) is 0 Å². The van der Waals surface area contributed by atoms with Crippen LogP contribution in [0.15, 0.2) is 29.2 Å². The number of halogens is 5. The molecule has 2 rings (SSSR count). The van der Waals surface area contributed by atoms with Gasteiger partial charge in [-0.1, -0.05) is 32.4 Å². The van der Waals surface area contributed by atoms with Crippen molar-refractivity contribution in [3.63, 3.8) is 0 Å². The summed E-state index contributed by atoms with van der Waals surface area (Å²) in [5, 5.41) is 3.34. The van der Waals surface area contributed by atoms with Crippen LogP contribution in [0.4, 0.5) is 13.2 Å². The fraction of sp³-hybridized carbons (Fsp3) is 0.625. The SMILES string of the molecule is CCC(C)[C@H](c1ccc(SC(F)(F)F)cc1)N1CCNCC1.Cl.Cl. The first kappa shape index (κ1) is 23.9. The van der Waals surface area contributed by atoms with E-state index in [1.54, 1.807) is 12.1 Å². The van der Waals surface area contributed by atoms with Crippen LogP contribution >= 0.6 is 36.6 Å². The Hall–Kier alpha value is -0.140. The van der Waals surface area contributed by atoms with Gasteiger partial charge >= 0.3 is 5.51 Å². The molecule has 0 saturated carbocycles. The Labute approximate surface area is 158 Å². The van der Waals surface area contributed by atoms with Gasteiger partial charge in [-0.15, -0.1) is 24.8 Å². The normalized spacial score (nSPS) is 18.2. The Bertz CT molecular complexity index is 465. The Balaban J connectivity index is 0.00000264. The molecule has 1 heterocycles. The second-order valence-electron chi connectivity index (χ2n) is 5.73. The van der Waals surface area contributed by atoms with E-state index in [0.29, 0.717) is 5.92 Å². The summed E-state index contributed by atoms with van der Waals surface area (Å²) in [5.41, 5.74) is -3.11. The van der Waals surface area contributed by atoms with Gasteiger partial charge < -0.3 is 5.32 Å². The van der Waals surface area contributed by atoms with Crippen LogP contribution < -0.4 is 5.32 Å². The van der Waals surface area contributed by atoms with E-state index in [-0.39, 0.29) is 47.5 Å². The highest BCUT2D eigenvalue weighted by atomic mass is 35.5. The molecule has 2 atom stereocenters. The minimum absolute atomic E-state index is 0. The van der Waals surface area contributed by atoms with Gasteiger partial charge in [0.1, 0.15) is 0 Å². The first-order valence-electron chi connectivity index (χ1n) is 7.71. The van der Waals surface area contributed by atoms with E-state index in [2.05, 4.69) is 24.1 Å². The minimum Gasteiger partial charge on any atom is -0.314 e. The minimum atomic E-state index is -4.23. The van der Waals surface area contributed by atoms with E-state index in [0.717, 1.165) is 38.2 Å². The summed E-state index contributed by atoms with van der Waals surface area (Å²) in [5.74, 6) is 0.471. The second kappa shape index (κ2) is 10.8. The molecule has 0 spiro atoms. The molecule has 0 aromatic heterocycles. The van der Waals surface area contributed by atoms with Crippen molar-refractivity contribution in [1.82, 2.24) is 10.2 Å². The molecule has 1 fully saturated rings. The molecule has 0 radical (unpaired) electrons. The van der Waals surface area contributed by atoms with E-state index in [1.165, 1.54) is 0 Å². The predicted octanol–water partition coefficient (Wildman–Crippen LogP) is 5.13. The number of nitrogens with one attached hydrogen (secondary N) is 1. The summed E-state index contributed by atoms with van der Waals surface area (Å²) >= 11 is -0.0527. The van der Waals surface area contributed by atoms with Crippen molar-refractivity contribution in [3.05, 3.63) is 29.8 Å². The average molecular weight is 405 g/mol. The van der Waals surface area contributed by atoms with Crippen molar-refractivity contribution in [1.29, 1.82) is 0 Å². The fourth-order valence-corrected chi connectivity index (χ4v) is 3.49. The largest absolute Gasteiger partial charge is 0.446 e. The second-order valence-corrected chi connectivity index (χ2v) is 6.87. The van der Waals surface area contributed by atoms with Crippen LogP contribution in [0.2, 0.25) is 0 Å². The maximum absolute atomic E-state index is 12.4. The van der Waals surface area contributed by atoms with Crippen LogP contribution in [0.3, 0.4) is 0 Å². The summed E-state index contributed by atoms with van der Waals surface area (Å²) in [6.45, 7) is 8.27. The van der Waals surface area contributed by atoms with Crippen molar-refractivity contribution >= 4 is 36.6 Å². The van der Waals surface area contributed by atoms with Crippen molar-refractivity contribution in [2.24, 2.45) is 5.92 Å². The standard InChI is InChI=1S/C16H23F3N2S.2ClH/c1-3-12(2)15(21-10-8-20-9-11-21)13-4-6-14(7-5-13)22-16(17,18)19;;/h4-7,12,15,20H,3,8-11H2,1-2H3;2*1H/t12?,15-;;/m1../s1. The zero-order chi connectivity index (χ0) is 16.2. The summed E-state index contributed by atoms with van der Waals surface area (Å²) in [7, 11) is 0. The van der Waals surface area contributed by atoms with Crippen LogP contribution in [0.5, 0.6) is 0 Å². The monoisotopic (exact) mass is 404 g/mol. The van der Waals surface area contributed by atoms with Gasteiger partial charge in [0.2, 0.25) is 0 Å². The number of hydrogen-bond donors (Lipinski definition) is 1. The number of benzene rings is 1. The lowest BCUT2D eigenvalue weighted by molar-refractivity contribution is -0.0328. The maximum Gasteiger partial charge on any atom is 0.446 e. The molecule has 1 unspecified atom stereocenters. The summed E-state index contributed by atoms with van der Waals surface area (Å²) in [6, 6.07) is 7.16. The fourth-order valence-electron chi connectivity index (χ4n) is 2.95. The predicted molar refractivity (Wildman–Crippen MR) is 99.5 cm³/mol. The van der Waals surface area contributed by atoms with Gasteiger partial charge in [-0.2, -0.15) is 13.2 Å². The maximum atomic E-state index is 12.4. The highest BCUT2D eigenvalue weighted by Gasteiger charge is 2.30. The van der Waals surface area contributed by atoms with Crippen molar-refractivity contribution in [2.75, 3.05) is 26.2 Å². The number of thioether (sulfide) groups is 1. The smallest absolute Gasteiger partial charge is 0.314 e. The Morgan fingerprint density at radius 2 is 1.67 bits per heavy atom. The zero-order valence-electron chi connectivity index (χ0n) is 13.8. The number of nitrogens with zero attached hydrogens (tertiary/aromatic N) is 1. The van der Waals surface area contributed by atoms with Gasteiger partial charge in [-0.05, 0) is 35.4 Å². The molecule has 0 aliphatic carbocycles. The van der Waals surface area contributed by atoms with E-state index in [9.17, 15) is 13.2 Å². The molecular formula is C16H25Cl2F3N2S. The van der Waals surface area contributed by atoms with Gasteiger partial charge in [-0.3, -0.25) is 4.90 Å². The molecule has 1 aliphatic heterocycles. The van der Waals surface area contributed by atoms with E-state index in [1.807, 2.05) is 12.1 Å². The Morgan fingerprint density at radius 1 is 1.12 bits per heavy atom. The molecular weight excluding hydrogens is 380 g/mol. The molecule has 1 N–H and O–H groups in total. The Kier molecular flexibility index (Phi) is 10.7. The van der Waals surface area contributed by atoms with Gasteiger partial charge in [-0.25, -0.2) is 0 Å². The van der Waals surface area contributed by atoms with E-state index < -0.39 is 5.51 Å². The molecule has 1 aliphatic rings. The van der Waals surface area contributed by atoms with Crippen LogP contribution in [0, 0.1) is 5.92 Å². The van der Waals surface area contributed by atoms with Crippen LogP contribution in [-0.2, 0) is 0 Å². The van der Waals surface area contributed by atoms with E-state index in [4.69, 9.17) is 0 Å². The highest BCUT2D eigenvalue weighted by Crippen LogP contribution is 2.38. The van der Waals surface area contributed by atoms with Gasteiger partial charge in [0.25, 0.3) is 0 Å². The summed E-state index contributed by atoms with van der Waals surface area (Å²) in [6.07, 6.45) is 1.05. The van der Waals surface area contributed by atoms with Gasteiger partial charge in [0.05, 0.1) is 0 Å². The van der Waals surface area contributed by atoms with Crippen LogP contribution in [-0.4, -0.2) is 36.6 Å². The number of piperazine rings is 1. The third-order valence-corrected chi connectivity index (χ3v) is 4.92. The number of alkyl halides is 3. The first-order valence-corrected chi connectivity index (χ1v) is 8.53. The molecule has 1 aromatic carbocycles. The lowest BCUT2D eigenvalue weighted by Crippen LogP contribution is -2.46. The molecule has 24 heavy (non-hydrogen) atoms. The van der Waals surface area contributed by atoms with Crippen molar-refractivity contribution in [3.8, 4) is 0 Å². The lowest BCUT2D eigenvalue weighted by atomic mass is 9.90. The lowest BCUT2D eigenvalue weighted by Gasteiger charge is -2.38. The quantitative estimate of drug-likeness (QED) is 0.684. The van der Waals surface area contributed by atoms with Crippen LogP contribution in [0.25, 0.3) is 0 Å². The Morgan fingerprint density at radius 3 is 2.12 bits per heavy atom. The molecule has 1 saturated heterocycles. The van der Waals surface area contributed by atoms with Crippen LogP contribution in [0.1, 0.15) is 31.9 Å². The molecule has 0 bridgehead atoms. The van der Waals surface area contributed by atoms with Crippen molar-refractivity contribution < 1.29 is 13.2 Å². The zero-order valence-corrected chi connectivity index (χ0v) is 16.3. The highest BCUT2D eigenvalue weighted by molar-refractivity contribution is 8.00. The molecule has 8 heteroatoms. The molecule has 140 valence electrons.